The van der Waals surface area contributed by atoms with Crippen LogP contribution < -0.4 is 5.32 Å². The van der Waals surface area contributed by atoms with Gasteiger partial charge in [-0.05, 0) is 36.1 Å². The Morgan fingerprint density at radius 2 is 2.27 bits per heavy atom. The van der Waals surface area contributed by atoms with Gasteiger partial charge >= 0.3 is 0 Å². The van der Waals surface area contributed by atoms with Gasteiger partial charge in [0, 0.05) is 12.0 Å². The van der Waals surface area contributed by atoms with Gasteiger partial charge in [-0.25, -0.2) is 9.37 Å². The molecule has 4 rings (SSSR count). The molecule has 22 heavy (non-hydrogen) atoms. The lowest BCUT2D eigenvalue weighted by Gasteiger charge is -2.05. The maximum absolute atomic E-state index is 13.3. The van der Waals surface area contributed by atoms with E-state index in [1.54, 1.807) is 6.07 Å². The highest BCUT2D eigenvalue weighted by Gasteiger charge is 2.24. The number of carbonyl (C=O) groups is 1. The third-order valence-corrected chi connectivity index (χ3v) is 4.88. The summed E-state index contributed by atoms with van der Waals surface area (Å²) in [6.45, 7) is 1.10. The van der Waals surface area contributed by atoms with Crippen molar-refractivity contribution >= 4 is 43.4 Å². The van der Waals surface area contributed by atoms with Crippen molar-refractivity contribution in [2.45, 2.75) is 6.42 Å². The van der Waals surface area contributed by atoms with Crippen LogP contribution in [0.1, 0.15) is 6.42 Å². The number of hydrogen-bond acceptors (Lipinski definition) is 4. The fourth-order valence-corrected chi connectivity index (χ4v) is 3.69. The standard InChI is InChI=1S/C16H13FN2O2S/c17-11-2-3-12-9(7-11)1-4-13-14(12)22-16(18-13)19-15(20)10-5-6-21-8-10/h1-4,7,10H,5-6,8H2,(H,18,19,20)/t10-/m1/s1. The Bertz CT molecular complexity index is 871. The number of rotatable bonds is 2. The van der Waals surface area contributed by atoms with Gasteiger partial charge in [-0.15, -0.1) is 0 Å². The molecule has 4 nitrogen and oxygen atoms in total. The zero-order valence-corrected chi connectivity index (χ0v) is 12.5. The van der Waals surface area contributed by atoms with Crippen LogP contribution in [0.4, 0.5) is 9.52 Å². The summed E-state index contributed by atoms with van der Waals surface area (Å²) in [7, 11) is 0. The minimum atomic E-state index is -0.258. The van der Waals surface area contributed by atoms with Crippen molar-refractivity contribution in [1.29, 1.82) is 0 Å². The summed E-state index contributed by atoms with van der Waals surface area (Å²) < 4.78 is 19.5. The highest BCUT2D eigenvalue weighted by atomic mass is 32.1. The number of amides is 1. The molecule has 0 bridgehead atoms. The molecular weight excluding hydrogens is 303 g/mol. The van der Waals surface area contributed by atoms with Gasteiger partial charge in [-0.3, -0.25) is 4.79 Å². The Morgan fingerprint density at radius 1 is 1.36 bits per heavy atom. The lowest BCUT2D eigenvalue weighted by atomic mass is 10.1. The lowest BCUT2D eigenvalue weighted by molar-refractivity contribution is -0.119. The van der Waals surface area contributed by atoms with E-state index in [0.29, 0.717) is 18.3 Å². The molecule has 1 aliphatic rings. The molecule has 2 heterocycles. The number of nitrogens with zero attached hydrogens (tertiary/aromatic N) is 1. The van der Waals surface area contributed by atoms with Crippen LogP contribution in [-0.2, 0) is 9.53 Å². The molecule has 1 atom stereocenters. The molecule has 1 aliphatic heterocycles. The molecule has 0 saturated carbocycles. The third kappa shape index (κ3) is 2.34. The predicted molar refractivity (Wildman–Crippen MR) is 84.6 cm³/mol. The predicted octanol–water partition coefficient (Wildman–Crippen LogP) is 3.56. The van der Waals surface area contributed by atoms with Crippen LogP contribution in [0.5, 0.6) is 0 Å². The molecule has 1 aromatic heterocycles. The summed E-state index contributed by atoms with van der Waals surface area (Å²) in [6.07, 6.45) is 0.749. The van der Waals surface area contributed by atoms with Crippen LogP contribution in [0.25, 0.3) is 21.0 Å². The molecule has 0 radical (unpaired) electrons. The van der Waals surface area contributed by atoms with Crippen molar-refractivity contribution < 1.29 is 13.9 Å². The molecule has 112 valence electrons. The molecule has 0 spiro atoms. The molecule has 1 N–H and O–H groups in total. The highest BCUT2D eigenvalue weighted by molar-refractivity contribution is 7.23. The summed E-state index contributed by atoms with van der Waals surface area (Å²) >= 11 is 1.41. The second-order valence-corrected chi connectivity index (χ2v) is 6.35. The highest BCUT2D eigenvalue weighted by Crippen LogP contribution is 2.33. The van der Waals surface area contributed by atoms with Crippen LogP contribution in [0.2, 0.25) is 0 Å². The number of nitrogens with one attached hydrogen (secondary N) is 1. The van der Waals surface area contributed by atoms with Gasteiger partial charge in [0.05, 0.1) is 22.7 Å². The van der Waals surface area contributed by atoms with E-state index in [0.717, 1.165) is 27.4 Å². The molecule has 0 unspecified atom stereocenters. The topological polar surface area (TPSA) is 51.2 Å². The maximum atomic E-state index is 13.3. The SMILES string of the molecule is O=C(Nc1nc2ccc3cc(F)ccc3c2s1)[C@@H]1CCOC1. The van der Waals surface area contributed by atoms with Gasteiger partial charge in [0.25, 0.3) is 0 Å². The first-order valence-corrected chi connectivity index (χ1v) is 7.90. The fraction of sp³-hybridized carbons (Fsp3) is 0.250. The summed E-state index contributed by atoms with van der Waals surface area (Å²) in [4.78, 5) is 16.6. The van der Waals surface area contributed by atoms with E-state index in [1.165, 1.54) is 23.5 Å². The number of ether oxygens (including phenoxy) is 1. The van der Waals surface area contributed by atoms with Gasteiger partial charge in [0.15, 0.2) is 5.13 Å². The van der Waals surface area contributed by atoms with E-state index in [1.807, 2.05) is 12.1 Å². The van der Waals surface area contributed by atoms with E-state index in [-0.39, 0.29) is 17.6 Å². The minimum absolute atomic E-state index is 0.0492. The van der Waals surface area contributed by atoms with Gasteiger partial charge in [0.2, 0.25) is 5.91 Å². The monoisotopic (exact) mass is 316 g/mol. The van der Waals surface area contributed by atoms with Crippen LogP contribution in [0.3, 0.4) is 0 Å². The van der Waals surface area contributed by atoms with Crippen molar-refractivity contribution in [1.82, 2.24) is 4.98 Å². The number of benzene rings is 2. The molecule has 1 amide bonds. The Morgan fingerprint density at radius 3 is 3.09 bits per heavy atom. The molecular formula is C16H13FN2O2S. The Labute approximate surface area is 129 Å². The quantitative estimate of drug-likeness (QED) is 0.786. The molecule has 2 aromatic carbocycles. The number of anilines is 1. The van der Waals surface area contributed by atoms with E-state index < -0.39 is 0 Å². The van der Waals surface area contributed by atoms with Gasteiger partial charge < -0.3 is 10.1 Å². The molecule has 3 aromatic rings. The van der Waals surface area contributed by atoms with E-state index in [2.05, 4.69) is 10.3 Å². The summed E-state index contributed by atoms with van der Waals surface area (Å²) in [5.74, 6) is -0.407. The van der Waals surface area contributed by atoms with Gasteiger partial charge in [-0.1, -0.05) is 17.4 Å². The molecule has 6 heteroatoms. The Balaban J connectivity index is 1.70. The zero-order valence-electron chi connectivity index (χ0n) is 11.6. The number of thiazole rings is 1. The summed E-state index contributed by atoms with van der Waals surface area (Å²) in [5, 5.41) is 5.21. The normalized spacial score (nSPS) is 18.1. The zero-order chi connectivity index (χ0) is 15.1. The van der Waals surface area contributed by atoms with Crippen LogP contribution in [-0.4, -0.2) is 24.1 Å². The Hall–Kier alpha value is -2.05. The number of aromatic nitrogens is 1. The van der Waals surface area contributed by atoms with E-state index in [9.17, 15) is 9.18 Å². The average Bonchev–Trinajstić information content (AvgIpc) is 3.15. The molecule has 1 saturated heterocycles. The largest absolute Gasteiger partial charge is 0.381 e. The number of halogens is 1. The average molecular weight is 316 g/mol. The molecule has 0 aliphatic carbocycles. The Kier molecular flexibility index (Phi) is 3.28. The fourth-order valence-electron chi connectivity index (χ4n) is 2.69. The maximum Gasteiger partial charge on any atom is 0.231 e. The van der Waals surface area contributed by atoms with Crippen LogP contribution in [0.15, 0.2) is 30.3 Å². The molecule has 1 fully saturated rings. The van der Waals surface area contributed by atoms with E-state index >= 15 is 0 Å². The lowest BCUT2D eigenvalue weighted by Crippen LogP contribution is -2.22. The number of carbonyl (C=O) groups excluding carboxylic acids is 1. The smallest absolute Gasteiger partial charge is 0.231 e. The first-order chi connectivity index (χ1) is 10.7. The van der Waals surface area contributed by atoms with Crippen molar-refractivity contribution in [2.24, 2.45) is 5.92 Å². The van der Waals surface area contributed by atoms with Crippen molar-refractivity contribution in [3.63, 3.8) is 0 Å². The second-order valence-electron chi connectivity index (χ2n) is 5.35. The first-order valence-electron chi connectivity index (χ1n) is 7.08. The second kappa shape index (κ2) is 5.30. The van der Waals surface area contributed by atoms with Crippen molar-refractivity contribution in [3.05, 3.63) is 36.1 Å². The summed E-state index contributed by atoms with van der Waals surface area (Å²) in [5.41, 5.74) is 0.807. The third-order valence-electron chi connectivity index (χ3n) is 3.86. The van der Waals surface area contributed by atoms with Crippen molar-refractivity contribution in [3.8, 4) is 0 Å². The van der Waals surface area contributed by atoms with Crippen LogP contribution >= 0.6 is 11.3 Å². The number of fused-ring (bicyclic) bond motifs is 3. The number of hydrogen-bond donors (Lipinski definition) is 1. The van der Waals surface area contributed by atoms with E-state index in [4.69, 9.17) is 4.74 Å². The minimum Gasteiger partial charge on any atom is -0.381 e. The van der Waals surface area contributed by atoms with Gasteiger partial charge in [0.1, 0.15) is 5.82 Å². The van der Waals surface area contributed by atoms with Crippen LogP contribution in [0, 0.1) is 11.7 Å². The summed E-state index contributed by atoms with van der Waals surface area (Å²) in [6, 6.07) is 8.39. The van der Waals surface area contributed by atoms with Gasteiger partial charge in [-0.2, -0.15) is 0 Å². The first kappa shape index (κ1) is 13.6. The van der Waals surface area contributed by atoms with Crippen molar-refractivity contribution in [2.75, 3.05) is 18.5 Å².